The number of hydrogen-bond donors (Lipinski definition) is 2. The molecule has 3 nitrogen and oxygen atoms in total. The van der Waals surface area contributed by atoms with Crippen molar-refractivity contribution in [2.45, 2.75) is 19.6 Å². The summed E-state index contributed by atoms with van der Waals surface area (Å²) in [4.78, 5) is 1.16. The van der Waals surface area contributed by atoms with Gasteiger partial charge in [0.25, 0.3) is 0 Å². The van der Waals surface area contributed by atoms with Crippen LogP contribution in [0.4, 0.5) is 5.69 Å². The molecule has 0 aliphatic carbocycles. The lowest BCUT2D eigenvalue weighted by atomic mass is 10.2. The second-order valence-electron chi connectivity index (χ2n) is 4.61. The molecule has 0 bridgehead atoms. The molecule has 2 aromatic rings. The van der Waals surface area contributed by atoms with E-state index in [1.54, 1.807) is 11.3 Å². The minimum atomic E-state index is -0.563. The molecule has 20 heavy (non-hydrogen) atoms. The summed E-state index contributed by atoms with van der Waals surface area (Å²) in [6.07, 6.45) is -0.563. The van der Waals surface area contributed by atoms with Crippen molar-refractivity contribution in [3.05, 3.63) is 51.2 Å². The van der Waals surface area contributed by atoms with Crippen LogP contribution >= 0.6 is 22.9 Å². The van der Waals surface area contributed by atoms with E-state index in [9.17, 15) is 5.11 Å². The molecule has 1 atom stereocenters. The van der Waals surface area contributed by atoms with Crippen LogP contribution in [0.2, 0.25) is 5.02 Å². The Morgan fingerprint density at radius 2 is 2.25 bits per heavy atom. The van der Waals surface area contributed by atoms with Gasteiger partial charge in [-0.3, -0.25) is 0 Å². The maximum Gasteiger partial charge on any atom is 0.0945 e. The smallest absolute Gasteiger partial charge is 0.0945 e. The van der Waals surface area contributed by atoms with E-state index in [4.69, 9.17) is 16.3 Å². The highest BCUT2D eigenvalue weighted by Gasteiger charge is 2.06. The first kappa shape index (κ1) is 15.3. The fraction of sp³-hybridized carbons (Fsp3) is 0.333. The van der Waals surface area contributed by atoms with Gasteiger partial charge >= 0.3 is 0 Å². The van der Waals surface area contributed by atoms with E-state index >= 15 is 0 Å². The number of aliphatic hydroxyl groups excluding tert-OH is 1. The zero-order chi connectivity index (χ0) is 14.4. The van der Waals surface area contributed by atoms with Crippen molar-refractivity contribution in [2.75, 3.05) is 18.5 Å². The predicted octanol–water partition coefficient (Wildman–Crippen LogP) is 3.70. The molecule has 108 valence electrons. The summed E-state index contributed by atoms with van der Waals surface area (Å²) >= 11 is 7.76. The monoisotopic (exact) mass is 311 g/mol. The molecule has 0 saturated carbocycles. The predicted molar refractivity (Wildman–Crippen MR) is 84.7 cm³/mol. The van der Waals surface area contributed by atoms with E-state index < -0.39 is 6.10 Å². The summed E-state index contributed by atoms with van der Waals surface area (Å²) in [7, 11) is 0. The molecular weight excluding hydrogens is 294 g/mol. The normalized spacial score (nSPS) is 12.3. The Hall–Kier alpha value is -1.07. The van der Waals surface area contributed by atoms with Gasteiger partial charge in [-0.05, 0) is 36.1 Å². The first-order chi connectivity index (χ1) is 9.65. The highest BCUT2D eigenvalue weighted by molar-refractivity contribution is 7.09. The van der Waals surface area contributed by atoms with E-state index in [0.717, 1.165) is 16.1 Å². The van der Waals surface area contributed by atoms with Crippen LogP contribution in [0.5, 0.6) is 0 Å². The lowest BCUT2D eigenvalue weighted by Crippen LogP contribution is -2.24. The van der Waals surface area contributed by atoms with Gasteiger partial charge in [-0.25, -0.2) is 0 Å². The summed E-state index contributed by atoms with van der Waals surface area (Å²) in [6.45, 7) is 3.24. The molecule has 2 rings (SSSR count). The third-order valence-electron chi connectivity index (χ3n) is 2.79. The van der Waals surface area contributed by atoms with Crippen molar-refractivity contribution in [3.8, 4) is 0 Å². The van der Waals surface area contributed by atoms with Gasteiger partial charge in [-0.1, -0.05) is 23.7 Å². The largest absolute Gasteiger partial charge is 0.389 e. The molecule has 1 aromatic heterocycles. The van der Waals surface area contributed by atoms with Crippen LogP contribution < -0.4 is 5.32 Å². The number of ether oxygens (including phenoxy) is 1. The molecule has 0 saturated heterocycles. The number of benzene rings is 1. The highest BCUT2D eigenvalue weighted by atomic mass is 35.5. The minimum absolute atomic E-state index is 0.300. The molecule has 0 aliphatic rings. The molecule has 1 heterocycles. The van der Waals surface area contributed by atoms with Crippen molar-refractivity contribution in [1.29, 1.82) is 0 Å². The van der Waals surface area contributed by atoms with Gasteiger partial charge in [0.05, 0.1) is 30.0 Å². The molecule has 0 amide bonds. The number of nitrogens with one attached hydrogen (secondary N) is 1. The van der Waals surface area contributed by atoms with Gasteiger partial charge in [0, 0.05) is 11.4 Å². The van der Waals surface area contributed by atoms with Crippen molar-refractivity contribution in [2.24, 2.45) is 0 Å². The Morgan fingerprint density at radius 3 is 2.95 bits per heavy atom. The van der Waals surface area contributed by atoms with Gasteiger partial charge in [0.1, 0.15) is 0 Å². The molecule has 1 unspecified atom stereocenters. The number of aliphatic hydroxyl groups is 1. The van der Waals surface area contributed by atoms with Gasteiger partial charge in [0.15, 0.2) is 0 Å². The number of halogens is 1. The first-order valence-corrected chi connectivity index (χ1v) is 7.69. The average molecular weight is 312 g/mol. The van der Waals surface area contributed by atoms with E-state index in [0.29, 0.717) is 24.8 Å². The number of anilines is 1. The molecular formula is C15H18ClNO2S. The van der Waals surface area contributed by atoms with Crippen molar-refractivity contribution >= 4 is 28.6 Å². The fourth-order valence-corrected chi connectivity index (χ4v) is 2.68. The van der Waals surface area contributed by atoms with Gasteiger partial charge in [-0.15, -0.1) is 11.3 Å². The third kappa shape index (κ3) is 4.80. The summed E-state index contributed by atoms with van der Waals surface area (Å²) in [5.74, 6) is 0. The van der Waals surface area contributed by atoms with Crippen LogP contribution in [0.15, 0.2) is 35.7 Å². The van der Waals surface area contributed by atoms with Crippen LogP contribution in [0.3, 0.4) is 0 Å². The Morgan fingerprint density at radius 1 is 1.40 bits per heavy atom. The van der Waals surface area contributed by atoms with Crippen molar-refractivity contribution in [3.63, 3.8) is 0 Å². The zero-order valence-corrected chi connectivity index (χ0v) is 12.9. The summed E-state index contributed by atoms with van der Waals surface area (Å²) in [6, 6.07) is 9.79. The van der Waals surface area contributed by atoms with Crippen LogP contribution in [0.25, 0.3) is 0 Å². The van der Waals surface area contributed by atoms with E-state index in [-0.39, 0.29) is 0 Å². The molecule has 5 heteroatoms. The standard InChI is InChI=1S/C15H18ClNO2S/c1-11-4-5-15(14(16)7-11)17-8-12(18)9-19-10-13-3-2-6-20-13/h2-7,12,17-18H,8-10H2,1H3. The lowest BCUT2D eigenvalue weighted by Gasteiger charge is -2.14. The molecule has 1 aromatic carbocycles. The molecule has 0 fully saturated rings. The van der Waals surface area contributed by atoms with Crippen LogP contribution in [-0.2, 0) is 11.3 Å². The number of aryl methyl sites for hydroxylation is 1. The highest BCUT2D eigenvalue weighted by Crippen LogP contribution is 2.22. The Balaban J connectivity index is 1.70. The second-order valence-corrected chi connectivity index (χ2v) is 6.05. The quantitative estimate of drug-likeness (QED) is 0.819. The first-order valence-electron chi connectivity index (χ1n) is 6.43. The topological polar surface area (TPSA) is 41.5 Å². The van der Waals surface area contributed by atoms with Crippen molar-refractivity contribution in [1.82, 2.24) is 0 Å². The van der Waals surface area contributed by atoms with E-state index in [2.05, 4.69) is 5.32 Å². The molecule has 0 radical (unpaired) electrons. The maximum absolute atomic E-state index is 9.86. The maximum atomic E-state index is 9.86. The lowest BCUT2D eigenvalue weighted by molar-refractivity contribution is 0.0359. The van der Waals surface area contributed by atoms with Gasteiger partial charge in [0.2, 0.25) is 0 Å². The Labute approximate surface area is 128 Å². The second kappa shape index (κ2) is 7.64. The number of thiophene rings is 1. The fourth-order valence-electron chi connectivity index (χ4n) is 1.74. The molecule has 0 aliphatic heterocycles. The summed E-state index contributed by atoms with van der Waals surface area (Å²) in [5, 5.41) is 15.7. The Bertz CT molecular complexity index is 531. The van der Waals surface area contributed by atoms with Gasteiger partial charge in [-0.2, -0.15) is 0 Å². The van der Waals surface area contributed by atoms with E-state index in [1.807, 2.05) is 42.6 Å². The average Bonchev–Trinajstić information content (AvgIpc) is 2.91. The summed E-state index contributed by atoms with van der Waals surface area (Å²) in [5.41, 5.74) is 1.94. The van der Waals surface area contributed by atoms with Crippen LogP contribution in [-0.4, -0.2) is 24.4 Å². The van der Waals surface area contributed by atoms with E-state index in [1.165, 1.54) is 0 Å². The SMILES string of the molecule is Cc1ccc(NCC(O)COCc2cccs2)c(Cl)c1. The van der Waals surface area contributed by atoms with Crippen LogP contribution in [0.1, 0.15) is 10.4 Å². The van der Waals surface area contributed by atoms with Gasteiger partial charge < -0.3 is 15.2 Å². The molecule has 2 N–H and O–H groups in total. The summed E-state index contributed by atoms with van der Waals surface area (Å²) < 4.78 is 5.47. The Kier molecular flexibility index (Phi) is 5.86. The van der Waals surface area contributed by atoms with Crippen LogP contribution in [0, 0.1) is 6.92 Å². The number of hydrogen-bond acceptors (Lipinski definition) is 4. The number of rotatable bonds is 7. The molecule has 0 spiro atoms. The third-order valence-corrected chi connectivity index (χ3v) is 3.95. The minimum Gasteiger partial charge on any atom is -0.389 e. The van der Waals surface area contributed by atoms with Crippen molar-refractivity contribution < 1.29 is 9.84 Å². The zero-order valence-electron chi connectivity index (χ0n) is 11.3.